The Hall–Kier alpha value is -1.75. The Morgan fingerprint density at radius 1 is 1.21 bits per heavy atom. The molecule has 0 spiro atoms. The van der Waals surface area contributed by atoms with E-state index in [-0.39, 0.29) is 22.9 Å². The fraction of sp³-hybridized carbons (Fsp3) is 0.696. The number of hydrogen-bond donors (Lipinski definition) is 1. The molecule has 0 bridgehead atoms. The van der Waals surface area contributed by atoms with Gasteiger partial charge in [-0.25, -0.2) is 0 Å². The number of allylic oxidation sites excluding steroid dienone is 4. The molecule has 28 heavy (non-hydrogen) atoms. The average Bonchev–Trinajstić information content (AvgIpc) is 2.94. The Kier molecular flexibility index (Phi) is 4.46. The molecule has 0 saturated heterocycles. The molecule has 2 saturated carbocycles. The van der Waals surface area contributed by atoms with Crippen molar-refractivity contribution in [1.82, 2.24) is 0 Å². The second kappa shape index (κ2) is 6.38. The van der Waals surface area contributed by atoms with Crippen LogP contribution in [0.25, 0.3) is 0 Å². The van der Waals surface area contributed by atoms with Crippen molar-refractivity contribution in [3.05, 3.63) is 23.3 Å². The number of fused-ring (bicyclic) bond motifs is 5. The molecule has 0 aliphatic heterocycles. The maximum atomic E-state index is 12.8. The lowest BCUT2D eigenvalue weighted by Crippen LogP contribution is -2.57. The third-order valence-electron chi connectivity index (χ3n) is 8.37. The topological polar surface area (TPSA) is 80.7 Å². The molecule has 0 heterocycles. The Balaban J connectivity index is 1.77. The molecular formula is C23H30O5. The predicted molar refractivity (Wildman–Crippen MR) is 103 cm³/mol. The van der Waals surface area contributed by atoms with Gasteiger partial charge in [-0.05, 0) is 56.4 Å². The van der Waals surface area contributed by atoms with Crippen LogP contribution in [-0.4, -0.2) is 34.9 Å². The van der Waals surface area contributed by atoms with Gasteiger partial charge in [-0.15, -0.1) is 0 Å². The molecule has 1 N–H and O–H groups in total. The monoisotopic (exact) mass is 386 g/mol. The van der Waals surface area contributed by atoms with Crippen molar-refractivity contribution in [2.24, 2.45) is 22.7 Å². The summed E-state index contributed by atoms with van der Waals surface area (Å²) in [4.78, 5) is 36.7. The van der Waals surface area contributed by atoms with Gasteiger partial charge in [0, 0.05) is 24.2 Å². The molecule has 152 valence electrons. The summed E-state index contributed by atoms with van der Waals surface area (Å²) in [6, 6.07) is 0. The molecule has 0 radical (unpaired) electrons. The van der Waals surface area contributed by atoms with Crippen LogP contribution >= 0.6 is 0 Å². The van der Waals surface area contributed by atoms with Crippen LogP contribution in [0.15, 0.2) is 23.3 Å². The fourth-order valence-electron chi connectivity index (χ4n) is 6.91. The average molecular weight is 386 g/mol. The largest absolute Gasteiger partial charge is 0.451 e. The van der Waals surface area contributed by atoms with Crippen molar-refractivity contribution in [2.75, 3.05) is 6.61 Å². The number of carbonyl (C=O) groups is 3. The van der Waals surface area contributed by atoms with Crippen LogP contribution < -0.4 is 0 Å². The molecule has 0 amide bonds. The second-order valence-electron chi connectivity index (χ2n) is 9.54. The normalized spacial score (nSPS) is 41.9. The van der Waals surface area contributed by atoms with E-state index in [1.54, 1.807) is 0 Å². The first-order valence-corrected chi connectivity index (χ1v) is 10.5. The van der Waals surface area contributed by atoms with Crippen molar-refractivity contribution >= 4 is 17.5 Å². The zero-order chi connectivity index (χ0) is 20.3. The first-order valence-electron chi connectivity index (χ1n) is 10.5. The third kappa shape index (κ3) is 2.44. The van der Waals surface area contributed by atoms with Gasteiger partial charge < -0.3 is 9.84 Å². The minimum Gasteiger partial charge on any atom is -0.451 e. The molecule has 4 rings (SSSR count). The van der Waals surface area contributed by atoms with E-state index in [2.05, 4.69) is 19.9 Å². The van der Waals surface area contributed by atoms with E-state index in [1.165, 1.54) is 18.1 Å². The summed E-state index contributed by atoms with van der Waals surface area (Å²) in [6.45, 7) is 5.06. The van der Waals surface area contributed by atoms with E-state index in [0.29, 0.717) is 25.2 Å². The molecule has 0 unspecified atom stereocenters. The van der Waals surface area contributed by atoms with E-state index in [4.69, 9.17) is 4.74 Å². The smallest absolute Gasteiger partial charge is 0.303 e. The van der Waals surface area contributed by atoms with Gasteiger partial charge in [0.15, 0.2) is 11.4 Å². The van der Waals surface area contributed by atoms with E-state index in [9.17, 15) is 19.5 Å². The van der Waals surface area contributed by atoms with Crippen LogP contribution in [0.5, 0.6) is 0 Å². The third-order valence-corrected chi connectivity index (χ3v) is 8.37. The van der Waals surface area contributed by atoms with Crippen LogP contribution in [0, 0.1) is 22.7 Å². The standard InChI is InChI=1S/C23H30O5/c1-14(25)28-23(20(27)13-24)11-8-19-17-5-4-15-12-16(26)6-9-21(15,2)18(17)7-10-22(19,23)3/h7,12,17,19,24H,4-6,8-11,13H2,1-3H3/t17-,19+,21+,22+,23-/m1/s1. The number of carbonyl (C=O) groups excluding carboxylic acids is 3. The lowest BCUT2D eigenvalue weighted by Gasteiger charge is -2.54. The highest BCUT2D eigenvalue weighted by molar-refractivity contribution is 5.92. The van der Waals surface area contributed by atoms with Gasteiger partial charge in [0.2, 0.25) is 5.78 Å². The number of ether oxygens (including phenoxy) is 1. The van der Waals surface area contributed by atoms with Crippen LogP contribution in [-0.2, 0) is 19.1 Å². The van der Waals surface area contributed by atoms with Crippen LogP contribution in [0.4, 0.5) is 0 Å². The van der Waals surface area contributed by atoms with Crippen molar-refractivity contribution in [2.45, 2.75) is 71.3 Å². The lowest BCUT2D eigenvalue weighted by atomic mass is 9.50. The summed E-state index contributed by atoms with van der Waals surface area (Å²) < 4.78 is 5.72. The van der Waals surface area contributed by atoms with Gasteiger partial charge in [-0.3, -0.25) is 14.4 Å². The molecule has 2 fully saturated rings. The zero-order valence-electron chi connectivity index (χ0n) is 17.0. The van der Waals surface area contributed by atoms with E-state index < -0.39 is 23.6 Å². The van der Waals surface area contributed by atoms with E-state index in [0.717, 1.165) is 25.7 Å². The highest BCUT2D eigenvalue weighted by Crippen LogP contribution is 2.66. The summed E-state index contributed by atoms with van der Waals surface area (Å²) in [5, 5.41) is 9.64. The number of aliphatic hydroxyl groups is 1. The van der Waals surface area contributed by atoms with E-state index in [1.807, 2.05) is 6.08 Å². The summed E-state index contributed by atoms with van der Waals surface area (Å²) in [6.07, 6.45) is 9.38. The molecule has 4 aliphatic carbocycles. The minimum atomic E-state index is -1.24. The zero-order valence-corrected chi connectivity index (χ0v) is 17.0. The first kappa shape index (κ1) is 19.6. The number of ketones is 2. The van der Waals surface area contributed by atoms with Gasteiger partial charge >= 0.3 is 5.97 Å². The van der Waals surface area contributed by atoms with Gasteiger partial charge in [0.1, 0.15) is 6.61 Å². The highest BCUT2D eigenvalue weighted by atomic mass is 16.6. The Morgan fingerprint density at radius 3 is 2.64 bits per heavy atom. The van der Waals surface area contributed by atoms with Crippen molar-refractivity contribution < 1.29 is 24.2 Å². The number of aliphatic hydroxyl groups excluding tert-OH is 1. The minimum absolute atomic E-state index is 0.0637. The van der Waals surface area contributed by atoms with Crippen LogP contribution in [0.1, 0.15) is 65.7 Å². The number of esters is 1. The number of rotatable bonds is 3. The van der Waals surface area contributed by atoms with Gasteiger partial charge in [-0.1, -0.05) is 31.1 Å². The highest BCUT2D eigenvalue weighted by Gasteiger charge is 2.66. The maximum Gasteiger partial charge on any atom is 0.303 e. The first-order chi connectivity index (χ1) is 13.2. The molecule has 4 aliphatic rings. The maximum absolute atomic E-state index is 12.8. The SMILES string of the molecule is CC(=O)O[C@@]1(C(=O)CO)CC[C@H]2[C@@H]3CCC4=CC(=O)CC[C@]4(C)C3=CC[C@@]21C. The molecule has 0 aromatic carbocycles. The second-order valence-corrected chi connectivity index (χ2v) is 9.54. The van der Waals surface area contributed by atoms with Gasteiger partial charge in [-0.2, -0.15) is 0 Å². The molecule has 0 aromatic rings. The number of hydrogen-bond acceptors (Lipinski definition) is 5. The van der Waals surface area contributed by atoms with Crippen molar-refractivity contribution in [1.29, 1.82) is 0 Å². The molecular weight excluding hydrogens is 356 g/mol. The Bertz CT molecular complexity index is 808. The molecule has 5 heteroatoms. The summed E-state index contributed by atoms with van der Waals surface area (Å²) in [7, 11) is 0. The number of Topliss-reactive ketones (excluding diaryl/α,β-unsaturated/α-hetero) is 1. The van der Waals surface area contributed by atoms with Gasteiger partial charge in [0.25, 0.3) is 0 Å². The Labute approximate surface area is 166 Å². The summed E-state index contributed by atoms with van der Waals surface area (Å²) >= 11 is 0. The van der Waals surface area contributed by atoms with Crippen LogP contribution in [0.3, 0.4) is 0 Å². The van der Waals surface area contributed by atoms with Crippen molar-refractivity contribution in [3.8, 4) is 0 Å². The summed E-state index contributed by atoms with van der Waals surface area (Å²) in [5.74, 6) is -0.0488. The predicted octanol–water partition coefficient (Wildman–Crippen LogP) is 3.30. The van der Waals surface area contributed by atoms with Gasteiger partial charge in [0.05, 0.1) is 0 Å². The molecule has 0 aromatic heterocycles. The summed E-state index contributed by atoms with van der Waals surface area (Å²) in [5.41, 5.74) is 0.862. The van der Waals surface area contributed by atoms with E-state index >= 15 is 0 Å². The Morgan fingerprint density at radius 2 is 1.96 bits per heavy atom. The quantitative estimate of drug-likeness (QED) is 0.595. The van der Waals surface area contributed by atoms with Crippen molar-refractivity contribution in [3.63, 3.8) is 0 Å². The molecule has 5 atom stereocenters. The lowest BCUT2D eigenvalue weighted by molar-refractivity contribution is -0.183. The van der Waals surface area contributed by atoms with Crippen LogP contribution in [0.2, 0.25) is 0 Å². The molecule has 5 nitrogen and oxygen atoms in total. The fourth-order valence-corrected chi connectivity index (χ4v) is 6.91.